The van der Waals surface area contributed by atoms with E-state index in [2.05, 4.69) is 32.5 Å². The van der Waals surface area contributed by atoms with Crippen molar-refractivity contribution in [3.63, 3.8) is 0 Å². The van der Waals surface area contributed by atoms with E-state index in [1.54, 1.807) is 12.1 Å². The van der Waals surface area contributed by atoms with Crippen LogP contribution in [-0.2, 0) is 6.18 Å². The lowest BCUT2D eigenvalue weighted by atomic mass is 10.1. The fourth-order valence-corrected chi connectivity index (χ4v) is 3.73. The summed E-state index contributed by atoms with van der Waals surface area (Å²) < 4.78 is 45.0. The van der Waals surface area contributed by atoms with E-state index in [4.69, 9.17) is 16.3 Å². The highest BCUT2D eigenvalue weighted by Crippen LogP contribution is 2.34. The molecule has 2 aromatic heterocycles. The van der Waals surface area contributed by atoms with Gasteiger partial charge in [-0.2, -0.15) is 13.2 Å². The number of rotatable bonds is 6. The Balaban J connectivity index is 1.57. The van der Waals surface area contributed by atoms with Crippen LogP contribution in [-0.4, -0.2) is 34.6 Å². The lowest BCUT2D eigenvalue weighted by molar-refractivity contribution is -0.137. The molecule has 0 saturated heterocycles. The number of anilines is 2. The Hall–Kier alpha value is -3.00. The zero-order chi connectivity index (χ0) is 22.7. The summed E-state index contributed by atoms with van der Waals surface area (Å²) in [7, 11) is 0. The number of pyridine rings is 2. The minimum Gasteiger partial charge on any atom is -0.491 e. The van der Waals surface area contributed by atoms with Gasteiger partial charge in [0, 0.05) is 18.1 Å². The van der Waals surface area contributed by atoms with Gasteiger partial charge >= 0.3 is 6.18 Å². The van der Waals surface area contributed by atoms with Crippen molar-refractivity contribution in [3.8, 4) is 5.75 Å². The molecule has 3 heterocycles. The van der Waals surface area contributed by atoms with Crippen molar-refractivity contribution >= 4 is 34.1 Å². The average Bonchev–Trinajstić information content (AvgIpc) is 2.77. The van der Waals surface area contributed by atoms with Crippen LogP contribution in [0.15, 0.2) is 48.8 Å². The van der Waals surface area contributed by atoms with Crippen LogP contribution < -0.4 is 10.1 Å². The summed E-state index contributed by atoms with van der Waals surface area (Å²) in [6.07, 6.45) is 3.15. The topological polar surface area (TPSA) is 50.3 Å². The van der Waals surface area contributed by atoms with Crippen LogP contribution in [0.4, 0.5) is 24.8 Å². The maximum Gasteiger partial charge on any atom is 0.416 e. The smallest absolute Gasteiger partial charge is 0.416 e. The van der Waals surface area contributed by atoms with Crippen LogP contribution in [0.5, 0.6) is 5.75 Å². The van der Waals surface area contributed by atoms with Crippen LogP contribution in [0, 0.1) is 6.92 Å². The molecule has 0 spiro atoms. The number of hydrogen-bond acceptors (Lipinski definition) is 5. The van der Waals surface area contributed by atoms with Gasteiger partial charge in [0.05, 0.1) is 22.6 Å². The highest BCUT2D eigenvalue weighted by atomic mass is 35.5. The van der Waals surface area contributed by atoms with Crippen LogP contribution in [0.2, 0.25) is 5.02 Å². The summed E-state index contributed by atoms with van der Waals surface area (Å²) in [5.74, 6) is 1.08. The van der Waals surface area contributed by atoms with Crippen molar-refractivity contribution in [2.45, 2.75) is 25.9 Å². The normalized spacial score (nSPS) is 14.1. The quantitative estimate of drug-likeness (QED) is 0.463. The van der Waals surface area contributed by atoms with Crippen molar-refractivity contribution in [1.82, 2.24) is 14.9 Å². The molecule has 1 aromatic carbocycles. The van der Waals surface area contributed by atoms with Crippen molar-refractivity contribution < 1.29 is 17.9 Å². The van der Waals surface area contributed by atoms with Gasteiger partial charge in [0.25, 0.3) is 0 Å². The summed E-state index contributed by atoms with van der Waals surface area (Å²) in [5, 5.41) is 4.04. The SMILES string of the molecule is Cc1cc2c(OCCN3C=CCCC3)ccc(Cl)c2nc1Nc1cc(C(F)(F)F)ccn1. The summed E-state index contributed by atoms with van der Waals surface area (Å²) in [5.41, 5.74) is 0.440. The van der Waals surface area contributed by atoms with E-state index in [0.29, 0.717) is 28.7 Å². The molecule has 0 saturated carbocycles. The van der Waals surface area contributed by atoms with Crippen LogP contribution in [0.3, 0.4) is 0 Å². The van der Waals surface area contributed by atoms with E-state index in [0.717, 1.165) is 55.2 Å². The number of aryl methyl sites for hydroxylation is 1. The molecule has 0 aliphatic carbocycles. The molecule has 0 radical (unpaired) electrons. The lowest BCUT2D eigenvalue weighted by Crippen LogP contribution is -2.26. The maximum absolute atomic E-state index is 13.0. The van der Waals surface area contributed by atoms with Gasteiger partial charge in [-0.15, -0.1) is 0 Å². The van der Waals surface area contributed by atoms with Crippen molar-refractivity contribution in [2.24, 2.45) is 0 Å². The molecule has 1 N–H and O–H groups in total. The highest BCUT2D eigenvalue weighted by Gasteiger charge is 2.30. The van der Waals surface area contributed by atoms with Crippen LogP contribution in [0.25, 0.3) is 10.9 Å². The zero-order valence-electron chi connectivity index (χ0n) is 17.4. The number of alkyl halides is 3. The minimum atomic E-state index is -4.45. The molecular formula is C23H22ClF3N4O. The van der Waals surface area contributed by atoms with Gasteiger partial charge in [-0.3, -0.25) is 0 Å². The lowest BCUT2D eigenvalue weighted by Gasteiger charge is -2.23. The van der Waals surface area contributed by atoms with E-state index < -0.39 is 11.7 Å². The number of halogens is 4. The first-order chi connectivity index (χ1) is 15.3. The number of allylic oxidation sites excluding steroid dienone is 1. The van der Waals surface area contributed by atoms with Gasteiger partial charge in [0.2, 0.25) is 0 Å². The predicted molar refractivity (Wildman–Crippen MR) is 119 cm³/mol. The molecule has 4 rings (SSSR count). The second-order valence-electron chi connectivity index (χ2n) is 7.56. The Morgan fingerprint density at radius 2 is 2.06 bits per heavy atom. The molecule has 1 aliphatic heterocycles. The first-order valence-electron chi connectivity index (χ1n) is 10.2. The maximum atomic E-state index is 13.0. The first-order valence-corrected chi connectivity index (χ1v) is 10.6. The standard InChI is InChI=1S/C23H22ClF3N4O/c1-15-13-17-19(32-12-11-31-9-3-2-4-10-31)6-5-18(24)21(17)30-22(15)29-20-14-16(7-8-28-20)23(25,26)27/h3,5-9,13-14H,2,4,10-12H2,1H3,(H,28,29,30). The molecule has 168 valence electrons. The number of benzene rings is 1. The highest BCUT2D eigenvalue weighted by molar-refractivity contribution is 6.35. The van der Waals surface area contributed by atoms with Crippen molar-refractivity contribution in [1.29, 1.82) is 0 Å². The number of aromatic nitrogens is 2. The molecule has 0 fully saturated rings. The van der Waals surface area contributed by atoms with Crippen LogP contribution in [0.1, 0.15) is 24.0 Å². The second-order valence-corrected chi connectivity index (χ2v) is 7.97. The largest absolute Gasteiger partial charge is 0.491 e. The summed E-state index contributed by atoms with van der Waals surface area (Å²) >= 11 is 6.37. The molecule has 5 nitrogen and oxygen atoms in total. The third kappa shape index (κ3) is 5.07. The van der Waals surface area contributed by atoms with Gasteiger partial charge in [-0.05, 0) is 61.9 Å². The molecule has 3 aromatic rings. The molecule has 9 heteroatoms. The Labute approximate surface area is 188 Å². The molecular weight excluding hydrogens is 441 g/mol. The third-order valence-electron chi connectivity index (χ3n) is 5.19. The molecule has 0 amide bonds. The van der Waals surface area contributed by atoms with Gasteiger partial charge < -0.3 is 15.0 Å². The van der Waals surface area contributed by atoms with E-state index in [1.807, 2.05) is 13.0 Å². The molecule has 0 unspecified atom stereocenters. The summed E-state index contributed by atoms with van der Waals surface area (Å²) in [6.45, 7) is 4.11. The Morgan fingerprint density at radius 3 is 2.81 bits per heavy atom. The van der Waals surface area contributed by atoms with E-state index in [-0.39, 0.29) is 5.82 Å². The second kappa shape index (κ2) is 9.24. The molecule has 32 heavy (non-hydrogen) atoms. The third-order valence-corrected chi connectivity index (χ3v) is 5.49. The van der Waals surface area contributed by atoms with E-state index in [9.17, 15) is 13.2 Å². The summed E-state index contributed by atoms with van der Waals surface area (Å²) in [4.78, 5) is 10.7. The van der Waals surface area contributed by atoms with Gasteiger partial charge in [0.15, 0.2) is 0 Å². The van der Waals surface area contributed by atoms with Gasteiger partial charge in [-0.25, -0.2) is 9.97 Å². The van der Waals surface area contributed by atoms with Crippen molar-refractivity contribution in [2.75, 3.05) is 25.0 Å². The average molecular weight is 463 g/mol. The van der Waals surface area contributed by atoms with Crippen LogP contribution >= 0.6 is 11.6 Å². The Bertz CT molecular complexity index is 1150. The number of ether oxygens (including phenoxy) is 1. The Kier molecular flexibility index (Phi) is 6.41. The zero-order valence-corrected chi connectivity index (χ0v) is 18.2. The van der Waals surface area contributed by atoms with Gasteiger partial charge in [0.1, 0.15) is 24.0 Å². The monoisotopic (exact) mass is 462 g/mol. The predicted octanol–water partition coefficient (Wildman–Crippen LogP) is 6.34. The fraction of sp³-hybridized carbons (Fsp3) is 0.304. The molecule has 0 atom stereocenters. The number of nitrogens with one attached hydrogen (secondary N) is 1. The first kappa shape index (κ1) is 22.2. The number of fused-ring (bicyclic) bond motifs is 1. The van der Waals surface area contributed by atoms with E-state index in [1.165, 1.54) is 0 Å². The Morgan fingerprint density at radius 1 is 1.22 bits per heavy atom. The number of nitrogens with zero attached hydrogens (tertiary/aromatic N) is 3. The molecule has 0 bridgehead atoms. The van der Waals surface area contributed by atoms with E-state index >= 15 is 0 Å². The summed E-state index contributed by atoms with van der Waals surface area (Å²) in [6, 6.07) is 7.24. The minimum absolute atomic E-state index is 0.0490. The number of hydrogen-bond donors (Lipinski definition) is 1. The molecule has 1 aliphatic rings. The van der Waals surface area contributed by atoms with Crippen molar-refractivity contribution in [3.05, 3.63) is 65.0 Å². The van der Waals surface area contributed by atoms with Gasteiger partial charge in [-0.1, -0.05) is 17.7 Å². The fourth-order valence-electron chi connectivity index (χ4n) is 3.52.